The van der Waals surface area contributed by atoms with Crippen LogP contribution in [0.1, 0.15) is 65.2 Å². The maximum absolute atomic E-state index is 12.2. The molecular weight excluding hydrogens is 252 g/mol. The third-order valence-electron chi connectivity index (χ3n) is 4.77. The lowest BCUT2D eigenvalue weighted by Crippen LogP contribution is -2.63. The average molecular weight is 280 g/mol. The quantitative estimate of drug-likeness (QED) is 0.401. The van der Waals surface area contributed by atoms with Gasteiger partial charge >= 0.3 is 5.97 Å². The third-order valence-corrected chi connectivity index (χ3v) is 4.77. The van der Waals surface area contributed by atoms with Gasteiger partial charge in [0.1, 0.15) is 5.60 Å². The van der Waals surface area contributed by atoms with Crippen molar-refractivity contribution < 1.29 is 14.3 Å². The highest BCUT2D eigenvalue weighted by Crippen LogP contribution is 2.53. The fraction of sp³-hybridized carbons (Fsp3) is 0.824. The van der Waals surface area contributed by atoms with Crippen LogP contribution < -0.4 is 0 Å². The molecule has 1 saturated heterocycles. The number of esters is 1. The number of carbonyl (C=O) groups is 1. The Kier molecular flexibility index (Phi) is 5.25. The Morgan fingerprint density at radius 1 is 1.30 bits per heavy atom. The maximum Gasteiger partial charge on any atom is 0.336 e. The topological polar surface area (TPSA) is 35.5 Å². The molecule has 2 rings (SSSR count). The molecule has 20 heavy (non-hydrogen) atoms. The van der Waals surface area contributed by atoms with E-state index in [1.54, 1.807) is 0 Å². The van der Waals surface area contributed by atoms with Crippen molar-refractivity contribution in [3.05, 3.63) is 12.2 Å². The van der Waals surface area contributed by atoms with Crippen LogP contribution in [-0.2, 0) is 14.3 Å². The standard InChI is InChI=1S/C17H28O3/c1-4-6-12-19-16(18)13(3)17(11-5-2)14-9-7-8-10-15(14)20-17/h14-15H,3-12H2,1-2H3. The molecule has 1 saturated carbocycles. The molecule has 3 nitrogen and oxygen atoms in total. The molecular formula is C17H28O3. The van der Waals surface area contributed by atoms with Crippen LogP contribution in [0.3, 0.4) is 0 Å². The predicted molar refractivity (Wildman–Crippen MR) is 79.5 cm³/mol. The second kappa shape index (κ2) is 6.75. The van der Waals surface area contributed by atoms with Crippen LogP contribution in [0.25, 0.3) is 0 Å². The predicted octanol–water partition coefficient (Wildman–Crippen LogP) is 4.01. The van der Waals surface area contributed by atoms with Gasteiger partial charge in [0.05, 0.1) is 18.3 Å². The second-order valence-corrected chi connectivity index (χ2v) is 6.15. The van der Waals surface area contributed by atoms with E-state index < -0.39 is 5.60 Å². The summed E-state index contributed by atoms with van der Waals surface area (Å²) in [4.78, 5) is 12.2. The van der Waals surface area contributed by atoms with Crippen LogP contribution in [0.2, 0.25) is 0 Å². The molecule has 1 aliphatic heterocycles. The van der Waals surface area contributed by atoms with E-state index >= 15 is 0 Å². The zero-order valence-corrected chi connectivity index (χ0v) is 13.0. The van der Waals surface area contributed by atoms with Crippen LogP contribution in [0.15, 0.2) is 12.2 Å². The van der Waals surface area contributed by atoms with Crippen molar-refractivity contribution in [2.45, 2.75) is 76.9 Å². The van der Waals surface area contributed by atoms with Crippen molar-refractivity contribution in [2.75, 3.05) is 6.61 Å². The minimum Gasteiger partial charge on any atom is -0.462 e. The highest BCUT2D eigenvalue weighted by Gasteiger charge is 2.58. The van der Waals surface area contributed by atoms with E-state index in [0.717, 1.165) is 38.5 Å². The number of fused-ring (bicyclic) bond motifs is 1. The van der Waals surface area contributed by atoms with Crippen LogP contribution in [0.4, 0.5) is 0 Å². The molecule has 0 N–H and O–H groups in total. The summed E-state index contributed by atoms with van der Waals surface area (Å²) in [5.41, 5.74) is 0.127. The number of hydrogen-bond acceptors (Lipinski definition) is 3. The van der Waals surface area contributed by atoms with Crippen molar-refractivity contribution in [2.24, 2.45) is 5.92 Å². The lowest BCUT2D eigenvalue weighted by Gasteiger charge is -2.57. The molecule has 1 aliphatic carbocycles. The Balaban J connectivity index is 2.01. The van der Waals surface area contributed by atoms with Gasteiger partial charge in [0.2, 0.25) is 0 Å². The maximum atomic E-state index is 12.2. The first-order valence-electron chi connectivity index (χ1n) is 8.20. The van der Waals surface area contributed by atoms with Gasteiger partial charge in [-0.15, -0.1) is 0 Å². The molecule has 0 radical (unpaired) electrons. The van der Waals surface area contributed by atoms with Crippen molar-refractivity contribution >= 4 is 5.97 Å². The Morgan fingerprint density at radius 2 is 2.05 bits per heavy atom. The first-order valence-corrected chi connectivity index (χ1v) is 8.20. The molecule has 114 valence electrons. The zero-order chi connectivity index (χ0) is 14.6. The zero-order valence-electron chi connectivity index (χ0n) is 13.0. The Labute approximate surface area is 122 Å². The molecule has 2 fully saturated rings. The second-order valence-electron chi connectivity index (χ2n) is 6.15. The van der Waals surface area contributed by atoms with E-state index in [1.165, 1.54) is 12.8 Å². The van der Waals surface area contributed by atoms with Gasteiger partial charge in [-0.2, -0.15) is 0 Å². The Hall–Kier alpha value is -0.830. The molecule has 3 heteroatoms. The molecule has 0 amide bonds. The van der Waals surface area contributed by atoms with Crippen molar-refractivity contribution in [1.82, 2.24) is 0 Å². The van der Waals surface area contributed by atoms with E-state index in [0.29, 0.717) is 24.2 Å². The molecule has 0 spiro atoms. The normalized spacial score (nSPS) is 32.1. The fourth-order valence-corrected chi connectivity index (χ4v) is 3.69. The van der Waals surface area contributed by atoms with E-state index in [1.807, 2.05) is 0 Å². The smallest absolute Gasteiger partial charge is 0.336 e. The number of unbranched alkanes of at least 4 members (excludes halogenated alkanes) is 1. The Morgan fingerprint density at radius 3 is 2.70 bits per heavy atom. The summed E-state index contributed by atoms with van der Waals surface area (Å²) in [5, 5.41) is 0. The molecule has 0 aromatic carbocycles. The molecule has 1 heterocycles. The Bertz CT molecular complexity index is 363. The van der Waals surface area contributed by atoms with E-state index in [-0.39, 0.29) is 5.97 Å². The molecule has 3 atom stereocenters. The van der Waals surface area contributed by atoms with Crippen molar-refractivity contribution in [3.8, 4) is 0 Å². The van der Waals surface area contributed by atoms with Crippen LogP contribution in [0, 0.1) is 5.92 Å². The summed E-state index contributed by atoms with van der Waals surface area (Å²) < 4.78 is 11.5. The van der Waals surface area contributed by atoms with Gasteiger partial charge < -0.3 is 9.47 Å². The number of ether oxygens (including phenoxy) is 2. The van der Waals surface area contributed by atoms with Gasteiger partial charge in [0.25, 0.3) is 0 Å². The van der Waals surface area contributed by atoms with E-state index in [2.05, 4.69) is 20.4 Å². The lowest BCUT2D eigenvalue weighted by atomic mass is 9.64. The summed E-state index contributed by atoms with van der Waals surface area (Å²) >= 11 is 0. The highest BCUT2D eigenvalue weighted by atomic mass is 16.6. The van der Waals surface area contributed by atoms with Crippen LogP contribution in [0.5, 0.6) is 0 Å². The minimum atomic E-state index is -0.427. The fourth-order valence-electron chi connectivity index (χ4n) is 3.69. The number of hydrogen-bond donors (Lipinski definition) is 0. The molecule has 0 bridgehead atoms. The largest absolute Gasteiger partial charge is 0.462 e. The van der Waals surface area contributed by atoms with Crippen molar-refractivity contribution in [3.63, 3.8) is 0 Å². The molecule has 3 unspecified atom stereocenters. The number of rotatable bonds is 7. The van der Waals surface area contributed by atoms with E-state index in [4.69, 9.17) is 9.47 Å². The van der Waals surface area contributed by atoms with E-state index in [9.17, 15) is 4.79 Å². The summed E-state index contributed by atoms with van der Waals surface area (Å²) in [7, 11) is 0. The molecule has 2 aliphatic rings. The summed E-state index contributed by atoms with van der Waals surface area (Å²) in [6, 6.07) is 0. The minimum absolute atomic E-state index is 0.254. The lowest BCUT2D eigenvalue weighted by molar-refractivity contribution is -0.257. The monoisotopic (exact) mass is 280 g/mol. The van der Waals surface area contributed by atoms with Gasteiger partial charge in [-0.3, -0.25) is 0 Å². The SMILES string of the molecule is C=C(C(=O)OCCCC)C1(CCC)OC2CCCCC21. The van der Waals surface area contributed by atoms with Gasteiger partial charge in [-0.1, -0.05) is 46.1 Å². The van der Waals surface area contributed by atoms with Crippen molar-refractivity contribution in [1.29, 1.82) is 0 Å². The number of carbonyl (C=O) groups excluding carboxylic acids is 1. The summed E-state index contributed by atoms with van der Waals surface area (Å²) in [6.45, 7) is 8.75. The van der Waals surface area contributed by atoms with Crippen LogP contribution >= 0.6 is 0 Å². The van der Waals surface area contributed by atoms with Gasteiger partial charge in [0.15, 0.2) is 0 Å². The third kappa shape index (κ3) is 2.78. The summed E-state index contributed by atoms with van der Waals surface area (Å²) in [6.07, 6.45) is 8.95. The first kappa shape index (κ1) is 15.6. The molecule has 0 aromatic rings. The average Bonchev–Trinajstić information content (AvgIpc) is 2.44. The van der Waals surface area contributed by atoms with Crippen LogP contribution in [-0.4, -0.2) is 24.3 Å². The summed E-state index contributed by atoms with van der Waals surface area (Å²) in [5.74, 6) is 0.221. The highest BCUT2D eigenvalue weighted by molar-refractivity contribution is 5.90. The van der Waals surface area contributed by atoms with Gasteiger partial charge in [-0.05, 0) is 25.7 Å². The first-order chi connectivity index (χ1) is 9.65. The molecule has 0 aromatic heterocycles. The van der Waals surface area contributed by atoms with Gasteiger partial charge in [-0.25, -0.2) is 4.79 Å². The van der Waals surface area contributed by atoms with Gasteiger partial charge in [0, 0.05) is 5.92 Å².